The molecule has 0 spiro atoms. The van der Waals surface area contributed by atoms with Crippen molar-refractivity contribution in [2.75, 3.05) is 24.2 Å². The van der Waals surface area contributed by atoms with Crippen LogP contribution in [0.2, 0.25) is 0 Å². The minimum Gasteiger partial charge on any atom is -0.397 e. The lowest BCUT2D eigenvalue weighted by Gasteiger charge is -2.20. The number of carbonyl (C=O) groups excluding carboxylic acids is 1. The molecule has 0 unspecified atom stereocenters. The molecule has 0 aliphatic carbocycles. The molecule has 112 valence electrons. The summed E-state index contributed by atoms with van der Waals surface area (Å²) in [5.41, 5.74) is 9.16. The van der Waals surface area contributed by atoms with Crippen molar-refractivity contribution >= 4 is 28.6 Å². The van der Waals surface area contributed by atoms with Crippen LogP contribution in [0.4, 0.5) is 11.4 Å². The Morgan fingerprint density at radius 3 is 2.81 bits per heavy atom. The fourth-order valence-electron chi connectivity index (χ4n) is 2.12. The number of hydrogen-bond donors (Lipinski definition) is 2. The highest BCUT2D eigenvalue weighted by Crippen LogP contribution is 2.25. The summed E-state index contributed by atoms with van der Waals surface area (Å²) >= 11 is 1.64. The maximum atomic E-state index is 11.8. The number of anilines is 2. The fourth-order valence-corrected chi connectivity index (χ4v) is 2.72. The molecule has 1 heterocycles. The fraction of sp³-hybridized carbons (Fsp3) is 0.333. The lowest BCUT2D eigenvalue weighted by atomic mass is 10.1. The number of thiazole rings is 1. The van der Waals surface area contributed by atoms with E-state index in [0.29, 0.717) is 24.3 Å². The highest BCUT2D eigenvalue weighted by molar-refractivity contribution is 7.09. The minimum atomic E-state index is -0.103. The third-order valence-electron chi connectivity index (χ3n) is 3.10. The Balaban J connectivity index is 2.14. The molecule has 0 aliphatic rings. The molecule has 1 amide bonds. The quantitative estimate of drug-likeness (QED) is 0.832. The van der Waals surface area contributed by atoms with Gasteiger partial charge in [0.15, 0.2) is 0 Å². The van der Waals surface area contributed by atoms with Crippen LogP contribution in [0.15, 0.2) is 23.6 Å². The predicted octanol–water partition coefficient (Wildman–Crippen LogP) is 2.42. The molecular weight excluding hydrogens is 284 g/mol. The Labute approximate surface area is 128 Å². The standard InChI is InChI=1S/C15H20N4OS/c1-4-17-15(20)11-5-6-14(13(16)7-11)19(3)8-12-9-21-10(2)18-12/h5-7,9H,4,8,16H2,1-3H3,(H,17,20). The Bertz CT molecular complexity index is 638. The van der Waals surface area contributed by atoms with Crippen molar-refractivity contribution in [3.05, 3.63) is 39.8 Å². The molecule has 0 fully saturated rings. The van der Waals surface area contributed by atoms with E-state index in [1.807, 2.05) is 37.2 Å². The third kappa shape index (κ3) is 3.72. The van der Waals surface area contributed by atoms with E-state index in [9.17, 15) is 4.79 Å². The van der Waals surface area contributed by atoms with Gasteiger partial charge in [-0.3, -0.25) is 4.79 Å². The number of rotatable bonds is 5. The number of nitrogens with one attached hydrogen (secondary N) is 1. The minimum absolute atomic E-state index is 0.103. The first-order valence-corrected chi connectivity index (χ1v) is 7.69. The number of nitrogens with zero attached hydrogens (tertiary/aromatic N) is 2. The number of aryl methyl sites for hydroxylation is 1. The van der Waals surface area contributed by atoms with Crippen molar-refractivity contribution < 1.29 is 4.79 Å². The van der Waals surface area contributed by atoms with Gasteiger partial charge in [0.25, 0.3) is 5.91 Å². The normalized spacial score (nSPS) is 10.4. The second-order valence-electron chi connectivity index (χ2n) is 4.85. The summed E-state index contributed by atoms with van der Waals surface area (Å²) in [6, 6.07) is 5.38. The number of hydrogen-bond acceptors (Lipinski definition) is 5. The van der Waals surface area contributed by atoms with Crippen LogP contribution in [0, 0.1) is 6.92 Å². The van der Waals surface area contributed by atoms with E-state index in [-0.39, 0.29) is 5.91 Å². The van der Waals surface area contributed by atoms with Gasteiger partial charge in [-0.25, -0.2) is 4.98 Å². The highest BCUT2D eigenvalue weighted by Gasteiger charge is 2.11. The van der Waals surface area contributed by atoms with Gasteiger partial charge in [-0.1, -0.05) is 0 Å². The molecule has 1 aromatic carbocycles. The summed E-state index contributed by atoms with van der Waals surface area (Å²) in [5.74, 6) is -0.103. The lowest BCUT2D eigenvalue weighted by Crippen LogP contribution is -2.23. The Morgan fingerprint density at radius 1 is 1.48 bits per heavy atom. The molecule has 0 saturated heterocycles. The van der Waals surface area contributed by atoms with Crippen LogP contribution < -0.4 is 16.0 Å². The van der Waals surface area contributed by atoms with Crippen molar-refractivity contribution in [1.82, 2.24) is 10.3 Å². The number of amides is 1. The van der Waals surface area contributed by atoms with Crippen LogP contribution in [0.5, 0.6) is 0 Å². The molecule has 21 heavy (non-hydrogen) atoms. The number of benzene rings is 1. The summed E-state index contributed by atoms with van der Waals surface area (Å²) in [7, 11) is 1.96. The zero-order chi connectivity index (χ0) is 15.4. The number of aromatic nitrogens is 1. The lowest BCUT2D eigenvalue weighted by molar-refractivity contribution is 0.0956. The molecule has 2 aromatic rings. The summed E-state index contributed by atoms with van der Waals surface area (Å²) in [4.78, 5) is 18.3. The summed E-state index contributed by atoms with van der Waals surface area (Å²) in [6.45, 7) is 5.17. The molecule has 0 saturated carbocycles. The smallest absolute Gasteiger partial charge is 0.251 e. The van der Waals surface area contributed by atoms with E-state index >= 15 is 0 Å². The Kier molecular flexibility index (Phi) is 4.80. The largest absolute Gasteiger partial charge is 0.397 e. The van der Waals surface area contributed by atoms with E-state index in [2.05, 4.69) is 10.3 Å². The van der Waals surface area contributed by atoms with Gasteiger partial charge in [0.2, 0.25) is 0 Å². The van der Waals surface area contributed by atoms with Crippen molar-refractivity contribution in [3.63, 3.8) is 0 Å². The van der Waals surface area contributed by atoms with Crippen molar-refractivity contribution in [3.8, 4) is 0 Å². The van der Waals surface area contributed by atoms with Gasteiger partial charge in [-0.2, -0.15) is 0 Å². The first-order chi connectivity index (χ1) is 10.0. The number of nitrogens with two attached hydrogens (primary N) is 1. The van der Waals surface area contributed by atoms with Crippen molar-refractivity contribution in [1.29, 1.82) is 0 Å². The topological polar surface area (TPSA) is 71.2 Å². The molecule has 0 bridgehead atoms. The Morgan fingerprint density at radius 2 is 2.24 bits per heavy atom. The molecule has 2 rings (SSSR count). The van der Waals surface area contributed by atoms with Gasteiger partial charge in [-0.15, -0.1) is 11.3 Å². The predicted molar refractivity (Wildman–Crippen MR) is 87.8 cm³/mol. The van der Waals surface area contributed by atoms with E-state index in [0.717, 1.165) is 16.4 Å². The van der Waals surface area contributed by atoms with Crippen LogP contribution in [-0.4, -0.2) is 24.5 Å². The van der Waals surface area contributed by atoms with Gasteiger partial charge in [-0.05, 0) is 32.0 Å². The van der Waals surface area contributed by atoms with E-state index in [1.54, 1.807) is 23.5 Å². The summed E-state index contributed by atoms with van der Waals surface area (Å²) < 4.78 is 0. The van der Waals surface area contributed by atoms with Crippen molar-refractivity contribution in [2.24, 2.45) is 0 Å². The molecular formula is C15H20N4OS. The third-order valence-corrected chi connectivity index (χ3v) is 3.93. The van der Waals surface area contributed by atoms with Crippen LogP contribution in [0.25, 0.3) is 0 Å². The van der Waals surface area contributed by atoms with Crippen LogP contribution in [0.3, 0.4) is 0 Å². The summed E-state index contributed by atoms with van der Waals surface area (Å²) in [5, 5.41) is 5.86. The molecule has 0 radical (unpaired) electrons. The van der Waals surface area contributed by atoms with E-state index < -0.39 is 0 Å². The molecule has 0 atom stereocenters. The average Bonchev–Trinajstić information content (AvgIpc) is 2.84. The molecule has 0 aliphatic heterocycles. The van der Waals surface area contributed by atoms with Gasteiger partial charge in [0, 0.05) is 24.5 Å². The maximum Gasteiger partial charge on any atom is 0.251 e. The van der Waals surface area contributed by atoms with Crippen LogP contribution in [-0.2, 0) is 6.54 Å². The second-order valence-corrected chi connectivity index (χ2v) is 5.91. The molecule has 6 heteroatoms. The zero-order valence-corrected chi connectivity index (χ0v) is 13.3. The zero-order valence-electron chi connectivity index (χ0n) is 12.5. The van der Waals surface area contributed by atoms with Gasteiger partial charge in [0.05, 0.1) is 28.6 Å². The monoisotopic (exact) mass is 304 g/mol. The maximum absolute atomic E-state index is 11.8. The van der Waals surface area contributed by atoms with Gasteiger partial charge < -0.3 is 16.0 Å². The average molecular weight is 304 g/mol. The first kappa shape index (κ1) is 15.3. The molecule has 3 N–H and O–H groups in total. The van der Waals surface area contributed by atoms with E-state index in [1.165, 1.54) is 0 Å². The molecule has 5 nitrogen and oxygen atoms in total. The van der Waals surface area contributed by atoms with Crippen LogP contribution in [0.1, 0.15) is 28.0 Å². The van der Waals surface area contributed by atoms with Gasteiger partial charge in [0.1, 0.15) is 0 Å². The van der Waals surface area contributed by atoms with Crippen LogP contribution >= 0.6 is 11.3 Å². The SMILES string of the molecule is CCNC(=O)c1ccc(N(C)Cc2csc(C)n2)c(N)c1. The summed E-state index contributed by atoms with van der Waals surface area (Å²) in [6.07, 6.45) is 0. The van der Waals surface area contributed by atoms with Gasteiger partial charge >= 0.3 is 0 Å². The second kappa shape index (κ2) is 6.58. The number of nitrogen functional groups attached to an aromatic ring is 1. The Hall–Kier alpha value is -2.08. The number of carbonyl (C=O) groups is 1. The molecule has 1 aromatic heterocycles. The van der Waals surface area contributed by atoms with Crippen molar-refractivity contribution in [2.45, 2.75) is 20.4 Å². The first-order valence-electron chi connectivity index (χ1n) is 6.81. The highest BCUT2D eigenvalue weighted by atomic mass is 32.1. The van der Waals surface area contributed by atoms with E-state index in [4.69, 9.17) is 5.73 Å².